The standard InChI is InChI=1S/C14H20N.BrH/c1-2-6-10-15(9-5-1)11-13-7-3-4-8-14(13)12-15;/h3-4,7-8H,1-2,5-6,9-12H2;1H/q+1;/p-1. The molecule has 2 aliphatic rings. The number of nitrogens with zero attached hydrogens (tertiary/aromatic N) is 1. The summed E-state index contributed by atoms with van der Waals surface area (Å²) < 4.78 is 1.36. The normalized spacial score (nSPS) is 22.2. The molecule has 1 saturated heterocycles. The molecule has 0 bridgehead atoms. The third-order valence-corrected chi connectivity index (χ3v) is 4.14. The second kappa shape index (κ2) is 4.89. The van der Waals surface area contributed by atoms with Crippen LogP contribution in [-0.4, -0.2) is 17.6 Å². The molecule has 0 N–H and O–H groups in total. The Bertz CT molecular complexity index is 327. The molecule has 0 atom stereocenters. The molecule has 1 fully saturated rings. The molecule has 2 heterocycles. The third kappa shape index (κ3) is 2.18. The van der Waals surface area contributed by atoms with Crippen LogP contribution < -0.4 is 17.0 Å². The van der Waals surface area contributed by atoms with Crippen molar-refractivity contribution >= 4 is 0 Å². The molecule has 0 radical (unpaired) electrons. The molecule has 16 heavy (non-hydrogen) atoms. The van der Waals surface area contributed by atoms with E-state index >= 15 is 0 Å². The fourth-order valence-electron chi connectivity index (χ4n) is 3.32. The summed E-state index contributed by atoms with van der Waals surface area (Å²) in [5.41, 5.74) is 3.22. The van der Waals surface area contributed by atoms with Crippen molar-refractivity contribution in [3.05, 3.63) is 35.4 Å². The second-order valence-electron chi connectivity index (χ2n) is 5.29. The Kier molecular flexibility index (Phi) is 3.70. The Morgan fingerprint density at radius 1 is 0.750 bits per heavy atom. The van der Waals surface area contributed by atoms with Crippen LogP contribution in [0.4, 0.5) is 0 Å². The summed E-state index contributed by atoms with van der Waals surface area (Å²) >= 11 is 0. The second-order valence-corrected chi connectivity index (χ2v) is 5.29. The molecule has 0 unspecified atom stereocenters. The Morgan fingerprint density at radius 2 is 1.25 bits per heavy atom. The van der Waals surface area contributed by atoms with Crippen LogP contribution in [0.5, 0.6) is 0 Å². The van der Waals surface area contributed by atoms with E-state index in [2.05, 4.69) is 24.3 Å². The molecule has 0 saturated carbocycles. The number of hydrogen-bond acceptors (Lipinski definition) is 0. The number of rotatable bonds is 0. The summed E-state index contributed by atoms with van der Waals surface area (Å²) in [6.07, 6.45) is 5.79. The SMILES string of the molecule is [Br-].c1ccc2c(c1)C[N+]1(CCCCCC1)C2. The largest absolute Gasteiger partial charge is 1.00 e. The van der Waals surface area contributed by atoms with E-state index in [0.717, 1.165) is 0 Å². The molecule has 3 rings (SSSR count). The molecule has 0 aliphatic carbocycles. The summed E-state index contributed by atoms with van der Waals surface area (Å²) in [6, 6.07) is 9.04. The average molecular weight is 282 g/mol. The third-order valence-electron chi connectivity index (χ3n) is 4.14. The molecule has 0 aromatic heterocycles. The molecule has 0 amide bonds. The van der Waals surface area contributed by atoms with Crippen molar-refractivity contribution in [2.45, 2.75) is 38.8 Å². The van der Waals surface area contributed by atoms with Gasteiger partial charge >= 0.3 is 0 Å². The Hall–Kier alpha value is -0.340. The number of benzene rings is 1. The zero-order valence-electron chi connectivity index (χ0n) is 9.79. The van der Waals surface area contributed by atoms with Crippen LogP contribution in [0.3, 0.4) is 0 Å². The molecule has 2 heteroatoms. The van der Waals surface area contributed by atoms with E-state index in [0.29, 0.717) is 0 Å². The van der Waals surface area contributed by atoms with Crippen LogP contribution in [0.2, 0.25) is 0 Å². The van der Waals surface area contributed by atoms with Crippen molar-refractivity contribution in [2.75, 3.05) is 13.1 Å². The van der Waals surface area contributed by atoms with Gasteiger partial charge in [0.2, 0.25) is 0 Å². The lowest BCUT2D eigenvalue weighted by atomic mass is 10.1. The van der Waals surface area contributed by atoms with E-state index in [9.17, 15) is 0 Å². The first-order chi connectivity index (χ1) is 7.38. The van der Waals surface area contributed by atoms with Crippen LogP contribution in [0.25, 0.3) is 0 Å². The Balaban J connectivity index is 0.000000963. The molecule has 1 nitrogen and oxygen atoms in total. The van der Waals surface area contributed by atoms with Crippen LogP contribution in [0, 0.1) is 0 Å². The van der Waals surface area contributed by atoms with Gasteiger partial charge in [-0.1, -0.05) is 24.3 Å². The van der Waals surface area contributed by atoms with E-state index in [-0.39, 0.29) is 17.0 Å². The van der Waals surface area contributed by atoms with Crippen molar-refractivity contribution in [3.8, 4) is 0 Å². The summed E-state index contributed by atoms with van der Waals surface area (Å²) in [4.78, 5) is 0. The van der Waals surface area contributed by atoms with Gasteiger partial charge in [0.1, 0.15) is 13.1 Å². The van der Waals surface area contributed by atoms with E-state index in [1.165, 1.54) is 56.3 Å². The summed E-state index contributed by atoms with van der Waals surface area (Å²) in [5.74, 6) is 0. The summed E-state index contributed by atoms with van der Waals surface area (Å²) in [5, 5.41) is 0. The molecule has 2 aliphatic heterocycles. The highest BCUT2D eigenvalue weighted by Crippen LogP contribution is 2.32. The zero-order chi connectivity index (χ0) is 10.1. The number of halogens is 1. The zero-order valence-corrected chi connectivity index (χ0v) is 11.4. The van der Waals surface area contributed by atoms with E-state index in [1.54, 1.807) is 11.1 Å². The van der Waals surface area contributed by atoms with Crippen LogP contribution in [0.15, 0.2) is 24.3 Å². The van der Waals surface area contributed by atoms with Crippen LogP contribution in [0.1, 0.15) is 36.8 Å². The quantitative estimate of drug-likeness (QED) is 0.592. The molecular weight excluding hydrogens is 262 g/mol. The van der Waals surface area contributed by atoms with Gasteiger partial charge in [-0.25, -0.2) is 0 Å². The first-order valence-corrected chi connectivity index (χ1v) is 6.30. The van der Waals surface area contributed by atoms with Crippen molar-refractivity contribution in [1.82, 2.24) is 0 Å². The fraction of sp³-hybridized carbons (Fsp3) is 0.571. The van der Waals surface area contributed by atoms with Crippen molar-refractivity contribution in [1.29, 1.82) is 0 Å². The molecule has 1 aromatic carbocycles. The van der Waals surface area contributed by atoms with Gasteiger partial charge in [-0.2, -0.15) is 0 Å². The Labute approximate surface area is 109 Å². The predicted molar refractivity (Wildman–Crippen MR) is 62.3 cm³/mol. The fourth-order valence-corrected chi connectivity index (χ4v) is 3.32. The molecule has 1 aromatic rings. The minimum Gasteiger partial charge on any atom is -1.00 e. The lowest BCUT2D eigenvalue weighted by Crippen LogP contribution is -3.00. The number of fused-ring (bicyclic) bond motifs is 1. The minimum absolute atomic E-state index is 0. The summed E-state index contributed by atoms with van der Waals surface area (Å²) in [7, 11) is 0. The highest BCUT2D eigenvalue weighted by atomic mass is 79.9. The van der Waals surface area contributed by atoms with Gasteiger partial charge in [-0.3, -0.25) is 0 Å². The maximum atomic E-state index is 2.33. The van der Waals surface area contributed by atoms with E-state index in [4.69, 9.17) is 0 Å². The average Bonchev–Trinajstić information content (AvgIpc) is 2.45. The maximum Gasteiger partial charge on any atom is 0.105 e. The van der Waals surface area contributed by atoms with Crippen molar-refractivity contribution in [2.24, 2.45) is 0 Å². The predicted octanol–water partition coefficient (Wildman–Crippen LogP) is 0.0950. The highest BCUT2D eigenvalue weighted by Gasteiger charge is 2.35. The summed E-state index contributed by atoms with van der Waals surface area (Å²) in [6.45, 7) is 5.43. The maximum absolute atomic E-state index is 2.33. The lowest BCUT2D eigenvalue weighted by Gasteiger charge is -2.32. The minimum atomic E-state index is 0. The topological polar surface area (TPSA) is 0 Å². The van der Waals surface area contributed by atoms with E-state index in [1.807, 2.05) is 0 Å². The number of hydrogen-bond donors (Lipinski definition) is 0. The highest BCUT2D eigenvalue weighted by molar-refractivity contribution is 5.28. The molecule has 1 spiro atoms. The smallest absolute Gasteiger partial charge is 0.105 e. The monoisotopic (exact) mass is 281 g/mol. The lowest BCUT2D eigenvalue weighted by molar-refractivity contribution is -0.946. The number of quaternary nitrogens is 1. The van der Waals surface area contributed by atoms with Crippen LogP contribution >= 0.6 is 0 Å². The first-order valence-electron chi connectivity index (χ1n) is 6.30. The van der Waals surface area contributed by atoms with E-state index < -0.39 is 0 Å². The van der Waals surface area contributed by atoms with Gasteiger partial charge in [0, 0.05) is 11.1 Å². The molecular formula is C14H20BrN. The van der Waals surface area contributed by atoms with Gasteiger partial charge in [0.15, 0.2) is 0 Å². The van der Waals surface area contributed by atoms with Gasteiger partial charge in [0.05, 0.1) is 13.1 Å². The van der Waals surface area contributed by atoms with Gasteiger partial charge in [0.25, 0.3) is 0 Å². The molecule has 88 valence electrons. The van der Waals surface area contributed by atoms with Crippen molar-refractivity contribution in [3.63, 3.8) is 0 Å². The van der Waals surface area contributed by atoms with Crippen LogP contribution in [-0.2, 0) is 13.1 Å². The Morgan fingerprint density at radius 3 is 1.75 bits per heavy atom. The first kappa shape index (κ1) is 12.1. The van der Waals surface area contributed by atoms with Crippen molar-refractivity contribution < 1.29 is 21.5 Å². The van der Waals surface area contributed by atoms with Gasteiger partial charge in [-0.05, 0) is 25.7 Å². The van der Waals surface area contributed by atoms with Gasteiger partial charge in [-0.15, -0.1) is 0 Å². The van der Waals surface area contributed by atoms with Gasteiger partial charge < -0.3 is 21.5 Å².